The fourth-order valence-corrected chi connectivity index (χ4v) is 2.92. The van der Waals surface area contributed by atoms with Crippen LogP contribution in [-0.2, 0) is 11.2 Å². The maximum absolute atomic E-state index is 12.4. The third-order valence-electron chi connectivity index (χ3n) is 4.20. The molecule has 4 N–H and O–H groups in total. The maximum Gasteiger partial charge on any atom is 0.271 e. The van der Waals surface area contributed by atoms with Crippen LogP contribution in [0.15, 0.2) is 77.2 Å². The summed E-state index contributed by atoms with van der Waals surface area (Å²) < 4.78 is 0. The first kappa shape index (κ1) is 17.7. The molecule has 1 amide bonds. The number of hydrogen-bond donors (Lipinski definition) is 3. The number of nitrogens with one attached hydrogen (secondary N) is 2. The number of aliphatic imine (C=N–C) groups is 1. The summed E-state index contributed by atoms with van der Waals surface area (Å²) >= 11 is 0. The van der Waals surface area contributed by atoms with E-state index < -0.39 is 0 Å². The first-order chi connectivity index (χ1) is 12.7. The summed E-state index contributed by atoms with van der Waals surface area (Å²) in [6.45, 7) is 0.741. The van der Waals surface area contributed by atoms with Gasteiger partial charge in [-0.2, -0.15) is 0 Å². The number of carbonyl (C=O) groups is 1. The second-order valence-electron chi connectivity index (χ2n) is 5.93. The van der Waals surface area contributed by atoms with Crippen molar-refractivity contribution < 1.29 is 4.79 Å². The molecule has 0 aliphatic carbocycles. The van der Waals surface area contributed by atoms with Gasteiger partial charge in [-0.1, -0.05) is 48.5 Å². The Morgan fingerprint density at radius 3 is 2.42 bits per heavy atom. The normalized spacial score (nSPS) is 16.7. The van der Waals surface area contributed by atoms with Crippen molar-refractivity contribution in [2.75, 3.05) is 18.5 Å². The number of hydrogen-bond acceptors (Lipinski definition) is 5. The van der Waals surface area contributed by atoms with Gasteiger partial charge in [-0.3, -0.25) is 10.1 Å². The van der Waals surface area contributed by atoms with E-state index in [1.165, 1.54) is 5.56 Å². The van der Waals surface area contributed by atoms with E-state index in [0.717, 1.165) is 18.7 Å². The van der Waals surface area contributed by atoms with Crippen LogP contribution in [0.3, 0.4) is 0 Å². The molecular weight excluding hydrogens is 326 g/mol. The fraction of sp³-hybridized carbons (Fsp3) is 0.200. The summed E-state index contributed by atoms with van der Waals surface area (Å²) in [5.41, 5.74) is 8.49. The number of rotatable bonds is 6. The van der Waals surface area contributed by atoms with Crippen molar-refractivity contribution in [2.24, 2.45) is 10.7 Å². The van der Waals surface area contributed by atoms with Crippen molar-refractivity contribution in [2.45, 2.75) is 12.6 Å². The van der Waals surface area contributed by atoms with Crippen LogP contribution in [0.5, 0.6) is 0 Å². The molecule has 1 unspecified atom stereocenters. The zero-order valence-electron chi connectivity index (χ0n) is 14.7. The minimum Gasteiger partial charge on any atom is -0.382 e. The minimum atomic E-state index is -0.266. The molecule has 0 saturated heterocycles. The molecule has 0 aromatic heterocycles. The van der Waals surface area contributed by atoms with E-state index in [2.05, 4.69) is 27.8 Å². The summed E-state index contributed by atoms with van der Waals surface area (Å²) in [6.07, 6.45) is 2.35. The van der Waals surface area contributed by atoms with Gasteiger partial charge in [0.05, 0.1) is 0 Å². The van der Waals surface area contributed by atoms with Gasteiger partial charge in [0.1, 0.15) is 6.17 Å². The summed E-state index contributed by atoms with van der Waals surface area (Å²) in [5.74, 6) is -0.0626. The fourth-order valence-electron chi connectivity index (χ4n) is 2.92. The van der Waals surface area contributed by atoms with Crippen molar-refractivity contribution in [3.05, 3.63) is 77.7 Å². The molecule has 0 saturated carbocycles. The largest absolute Gasteiger partial charge is 0.382 e. The maximum atomic E-state index is 12.4. The molecule has 2 aromatic rings. The van der Waals surface area contributed by atoms with Crippen LogP contribution in [0.25, 0.3) is 0 Å². The predicted octanol–water partition coefficient (Wildman–Crippen LogP) is 1.61. The van der Waals surface area contributed by atoms with E-state index in [9.17, 15) is 4.79 Å². The van der Waals surface area contributed by atoms with E-state index in [4.69, 9.17) is 5.73 Å². The molecule has 3 rings (SSSR count). The average Bonchev–Trinajstić information content (AvgIpc) is 2.69. The predicted molar refractivity (Wildman–Crippen MR) is 105 cm³/mol. The topological polar surface area (TPSA) is 82.8 Å². The number of benzene rings is 2. The number of amides is 1. The second-order valence-corrected chi connectivity index (χ2v) is 5.93. The van der Waals surface area contributed by atoms with Crippen LogP contribution in [0, 0.1) is 0 Å². The zero-order chi connectivity index (χ0) is 18.4. The summed E-state index contributed by atoms with van der Waals surface area (Å²) in [5, 5.41) is 6.10. The Kier molecular flexibility index (Phi) is 5.66. The van der Waals surface area contributed by atoms with E-state index in [0.29, 0.717) is 5.70 Å². The number of carbonyl (C=O) groups excluding carboxylic acids is 1. The molecule has 6 heteroatoms. The van der Waals surface area contributed by atoms with Crippen molar-refractivity contribution in [1.29, 1.82) is 0 Å². The Bertz CT molecular complexity index is 801. The van der Waals surface area contributed by atoms with E-state index in [-0.39, 0.29) is 17.9 Å². The molecule has 0 bridgehead atoms. The molecule has 1 atom stereocenters. The molecule has 1 aliphatic rings. The van der Waals surface area contributed by atoms with Gasteiger partial charge in [-0.05, 0) is 24.1 Å². The number of anilines is 1. The van der Waals surface area contributed by atoms with Crippen LogP contribution in [0.4, 0.5) is 5.69 Å². The Balaban J connectivity index is 1.81. The van der Waals surface area contributed by atoms with Gasteiger partial charge in [0.15, 0.2) is 11.5 Å². The van der Waals surface area contributed by atoms with Crippen molar-refractivity contribution in [3.63, 3.8) is 0 Å². The summed E-state index contributed by atoms with van der Waals surface area (Å²) in [6, 6.07) is 19.9. The van der Waals surface area contributed by atoms with Gasteiger partial charge >= 0.3 is 0 Å². The van der Waals surface area contributed by atoms with Gasteiger partial charge in [0, 0.05) is 25.5 Å². The molecule has 6 nitrogen and oxygen atoms in total. The number of nitrogens with zero attached hydrogens (tertiary/aromatic N) is 2. The Morgan fingerprint density at radius 2 is 1.77 bits per heavy atom. The molecule has 1 heterocycles. The van der Waals surface area contributed by atoms with Crippen LogP contribution in [-0.4, -0.2) is 31.9 Å². The average molecular weight is 349 g/mol. The number of likely N-dealkylation sites (N-methyl/N-ethyl adjacent to an activating group) is 1. The third-order valence-corrected chi connectivity index (χ3v) is 4.20. The zero-order valence-corrected chi connectivity index (χ0v) is 14.7. The lowest BCUT2D eigenvalue weighted by atomic mass is 10.1. The van der Waals surface area contributed by atoms with Gasteiger partial charge in [0.2, 0.25) is 0 Å². The highest BCUT2D eigenvalue weighted by Gasteiger charge is 2.30. The van der Waals surface area contributed by atoms with Crippen molar-refractivity contribution >= 4 is 17.8 Å². The molecule has 1 aliphatic heterocycles. The van der Waals surface area contributed by atoms with E-state index in [1.54, 1.807) is 13.3 Å². The van der Waals surface area contributed by atoms with Gasteiger partial charge in [-0.15, -0.1) is 0 Å². The lowest BCUT2D eigenvalue weighted by molar-refractivity contribution is -0.117. The van der Waals surface area contributed by atoms with Gasteiger partial charge in [-0.25, -0.2) is 4.99 Å². The summed E-state index contributed by atoms with van der Waals surface area (Å²) in [4.78, 5) is 18.5. The highest BCUT2D eigenvalue weighted by Crippen LogP contribution is 2.24. The van der Waals surface area contributed by atoms with E-state index >= 15 is 0 Å². The number of para-hydroxylation sites is 1. The Morgan fingerprint density at radius 1 is 1.12 bits per heavy atom. The highest BCUT2D eigenvalue weighted by atomic mass is 16.2. The monoisotopic (exact) mass is 349 g/mol. The van der Waals surface area contributed by atoms with Crippen molar-refractivity contribution in [1.82, 2.24) is 10.6 Å². The molecule has 134 valence electrons. The second kappa shape index (κ2) is 8.31. The highest BCUT2D eigenvalue weighted by molar-refractivity contribution is 6.00. The van der Waals surface area contributed by atoms with Gasteiger partial charge < -0.3 is 16.0 Å². The lowest BCUT2D eigenvalue weighted by Crippen LogP contribution is -2.52. The molecule has 26 heavy (non-hydrogen) atoms. The molecular formula is C20H23N5O. The SMILES string of the molecule is CNC(=O)C1=C(N)N=CC(NCCc2ccccc2)N1c1ccccc1. The van der Waals surface area contributed by atoms with Gasteiger partial charge in [0.25, 0.3) is 5.91 Å². The van der Waals surface area contributed by atoms with Crippen molar-refractivity contribution in [3.8, 4) is 0 Å². The van der Waals surface area contributed by atoms with Crippen LogP contribution in [0.1, 0.15) is 5.56 Å². The lowest BCUT2D eigenvalue weighted by Gasteiger charge is -2.35. The number of nitrogens with two attached hydrogens (primary N) is 1. The minimum absolute atomic E-state index is 0.203. The molecule has 2 aromatic carbocycles. The molecule has 0 spiro atoms. The van der Waals surface area contributed by atoms with Crippen LogP contribution < -0.4 is 21.3 Å². The smallest absolute Gasteiger partial charge is 0.271 e. The van der Waals surface area contributed by atoms with Crippen LogP contribution >= 0.6 is 0 Å². The Hall–Kier alpha value is -3.12. The molecule has 0 fully saturated rings. The standard InChI is InChI=1S/C20H23N5O/c1-22-20(26)18-19(21)24-14-17(25(18)16-10-6-3-7-11-16)23-13-12-15-8-4-2-5-9-15/h2-11,14,17,23H,12-13,21H2,1H3,(H,22,26). The first-order valence-electron chi connectivity index (χ1n) is 8.58. The van der Waals surface area contributed by atoms with Crippen LogP contribution in [0.2, 0.25) is 0 Å². The first-order valence-corrected chi connectivity index (χ1v) is 8.58. The quantitative estimate of drug-likeness (QED) is 0.740. The Labute approximate surface area is 153 Å². The molecule has 0 radical (unpaired) electrons. The third kappa shape index (κ3) is 3.92. The van der Waals surface area contributed by atoms with E-state index in [1.807, 2.05) is 53.4 Å². The summed E-state index contributed by atoms with van der Waals surface area (Å²) in [7, 11) is 1.59.